The second kappa shape index (κ2) is 9.57. The van der Waals surface area contributed by atoms with Crippen molar-refractivity contribution in [2.24, 2.45) is 0 Å². The maximum Gasteiger partial charge on any atom is 0.338 e. The van der Waals surface area contributed by atoms with Gasteiger partial charge in [-0.05, 0) is 36.4 Å². The van der Waals surface area contributed by atoms with Crippen molar-refractivity contribution >= 4 is 27.6 Å². The summed E-state index contributed by atoms with van der Waals surface area (Å²) in [5.41, 5.74) is -0.0453. The molecule has 0 saturated carbocycles. The Morgan fingerprint density at radius 3 is 2.38 bits per heavy atom. The summed E-state index contributed by atoms with van der Waals surface area (Å²) in [5, 5.41) is 2.35. The lowest BCUT2D eigenvalue weighted by Crippen LogP contribution is -2.31. The van der Waals surface area contributed by atoms with Crippen molar-refractivity contribution in [1.29, 1.82) is 0 Å². The van der Waals surface area contributed by atoms with Crippen LogP contribution < -0.4 is 5.32 Å². The van der Waals surface area contributed by atoms with Crippen LogP contribution in [-0.2, 0) is 19.6 Å². The summed E-state index contributed by atoms with van der Waals surface area (Å²) in [7, 11) is -4.13. The number of halogens is 2. The number of anilines is 1. The van der Waals surface area contributed by atoms with E-state index in [0.717, 1.165) is 28.6 Å². The van der Waals surface area contributed by atoms with E-state index in [4.69, 9.17) is 4.74 Å². The van der Waals surface area contributed by atoms with E-state index in [-0.39, 0.29) is 24.3 Å². The maximum atomic E-state index is 14.1. The van der Waals surface area contributed by atoms with E-state index >= 15 is 0 Å². The molecule has 2 rings (SSSR count). The summed E-state index contributed by atoms with van der Waals surface area (Å²) >= 11 is 0. The van der Waals surface area contributed by atoms with Crippen molar-refractivity contribution < 1.29 is 31.5 Å². The van der Waals surface area contributed by atoms with Gasteiger partial charge in [-0.2, -0.15) is 4.31 Å². The molecule has 2 aromatic rings. The van der Waals surface area contributed by atoms with Gasteiger partial charge in [-0.25, -0.2) is 22.0 Å². The second-order valence-electron chi connectivity index (χ2n) is 5.87. The third kappa shape index (κ3) is 5.58. The van der Waals surface area contributed by atoms with Crippen LogP contribution in [0.4, 0.5) is 14.5 Å². The van der Waals surface area contributed by atoms with Gasteiger partial charge < -0.3 is 10.1 Å². The Morgan fingerprint density at radius 1 is 1.07 bits per heavy atom. The van der Waals surface area contributed by atoms with Gasteiger partial charge in [-0.15, -0.1) is 0 Å². The molecule has 7 nitrogen and oxygen atoms in total. The van der Waals surface area contributed by atoms with Crippen molar-refractivity contribution in [3.8, 4) is 0 Å². The van der Waals surface area contributed by atoms with E-state index in [9.17, 15) is 26.8 Å². The van der Waals surface area contributed by atoms with Crippen LogP contribution in [0.2, 0.25) is 0 Å². The van der Waals surface area contributed by atoms with Crippen LogP contribution in [0.25, 0.3) is 0 Å². The molecule has 0 saturated heterocycles. The summed E-state index contributed by atoms with van der Waals surface area (Å²) in [6.07, 6.45) is 0. The lowest BCUT2D eigenvalue weighted by molar-refractivity contribution is -0.119. The molecule has 0 fully saturated rings. The zero-order valence-corrected chi connectivity index (χ0v) is 16.6. The monoisotopic (exact) mass is 426 g/mol. The van der Waals surface area contributed by atoms with Crippen molar-refractivity contribution in [2.45, 2.75) is 18.7 Å². The molecule has 0 bridgehead atoms. The van der Waals surface area contributed by atoms with E-state index in [1.54, 1.807) is 13.8 Å². The molecular formula is C19H20F2N2O5S. The smallest absolute Gasteiger partial charge is 0.338 e. The topological polar surface area (TPSA) is 92.8 Å². The third-order valence-electron chi connectivity index (χ3n) is 3.93. The first-order chi connectivity index (χ1) is 13.7. The summed E-state index contributed by atoms with van der Waals surface area (Å²) in [4.78, 5) is 23.3. The molecule has 0 aromatic heterocycles. The van der Waals surface area contributed by atoms with Gasteiger partial charge in [0.2, 0.25) is 10.0 Å². The van der Waals surface area contributed by atoms with E-state index in [1.165, 1.54) is 18.2 Å². The van der Waals surface area contributed by atoms with E-state index in [2.05, 4.69) is 5.32 Å². The number of nitrogens with zero attached hydrogens (tertiary/aromatic N) is 1. The molecule has 10 heteroatoms. The number of carbonyl (C=O) groups excluding carboxylic acids is 2. The number of sulfonamides is 1. The quantitative estimate of drug-likeness (QED) is 0.656. The summed E-state index contributed by atoms with van der Waals surface area (Å²) in [6.45, 7) is 2.79. The Morgan fingerprint density at radius 2 is 1.76 bits per heavy atom. The normalized spacial score (nSPS) is 11.3. The Bertz CT molecular complexity index is 1010. The number of benzene rings is 2. The lowest BCUT2D eigenvalue weighted by Gasteiger charge is -2.19. The minimum Gasteiger partial charge on any atom is -0.452 e. The van der Waals surface area contributed by atoms with Crippen molar-refractivity contribution in [3.05, 3.63) is 59.7 Å². The van der Waals surface area contributed by atoms with Crippen LogP contribution in [0.1, 0.15) is 24.2 Å². The first kappa shape index (κ1) is 22.4. The SMILES string of the molecule is CCN(CC)S(=O)(=O)c1cc(C(=O)OCC(=O)Nc2cccc(F)c2)ccc1F. The predicted molar refractivity (Wildman–Crippen MR) is 102 cm³/mol. The fourth-order valence-corrected chi connectivity index (χ4v) is 4.06. The average Bonchev–Trinajstić information content (AvgIpc) is 2.67. The number of hydrogen-bond donors (Lipinski definition) is 1. The first-order valence-corrected chi connectivity index (χ1v) is 10.1. The highest BCUT2D eigenvalue weighted by molar-refractivity contribution is 7.89. The molecule has 0 radical (unpaired) electrons. The molecule has 0 spiro atoms. The highest BCUT2D eigenvalue weighted by atomic mass is 32.2. The zero-order valence-electron chi connectivity index (χ0n) is 15.8. The van der Waals surface area contributed by atoms with Gasteiger partial charge in [0.1, 0.15) is 16.5 Å². The minimum absolute atomic E-state index is 0.132. The third-order valence-corrected chi connectivity index (χ3v) is 6.00. The van der Waals surface area contributed by atoms with E-state index in [0.29, 0.717) is 0 Å². The van der Waals surface area contributed by atoms with Gasteiger partial charge in [-0.3, -0.25) is 4.79 Å². The molecule has 0 aliphatic rings. The summed E-state index contributed by atoms with van der Waals surface area (Å²) in [5.74, 6) is -3.28. The molecule has 0 aliphatic heterocycles. The molecule has 0 heterocycles. The van der Waals surface area contributed by atoms with Gasteiger partial charge >= 0.3 is 5.97 Å². The Hall–Kier alpha value is -2.85. The summed E-state index contributed by atoms with van der Waals surface area (Å²) in [6, 6.07) is 7.91. The molecular weight excluding hydrogens is 406 g/mol. The lowest BCUT2D eigenvalue weighted by atomic mass is 10.2. The average molecular weight is 426 g/mol. The van der Waals surface area contributed by atoms with Gasteiger partial charge in [0.15, 0.2) is 6.61 Å². The maximum absolute atomic E-state index is 14.1. The minimum atomic E-state index is -4.13. The van der Waals surface area contributed by atoms with Crippen LogP contribution in [-0.4, -0.2) is 44.3 Å². The van der Waals surface area contributed by atoms with Crippen LogP contribution in [0.3, 0.4) is 0 Å². The molecule has 29 heavy (non-hydrogen) atoms. The van der Waals surface area contributed by atoms with Crippen molar-refractivity contribution in [1.82, 2.24) is 4.31 Å². The van der Waals surface area contributed by atoms with Crippen molar-refractivity contribution in [2.75, 3.05) is 25.0 Å². The second-order valence-corrected chi connectivity index (χ2v) is 7.78. The molecule has 2 aromatic carbocycles. The largest absolute Gasteiger partial charge is 0.452 e. The van der Waals surface area contributed by atoms with Crippen LogP contribution >= 0.6 is 0 Å². The standard InChI is InChI=1S/C19H20F2N2O5S/c1-3-23(4-2)29(26,27)17-10-13(8-9-16(17)21)19(25)28-12-18(24)22-15-7-5-6-14(20)11-15/h5-11H,3-4,12H2,1-2H3,(H,22,24). The molecule has 156 valence electrons. The van der Waals surface area contributed by atoms with Gasteiger partial charge in [0, 0.05) is 18.8 Å². The number of nitrogens with one attached hydrogen (secondary N) is 1. The van der Waals surface area contributed by atoms with E-state index < -0.39 is 45.0 Å². The molecule has 1 N–H and O–H groups in total. The Kier molecular flexibility index (Phi) is 7.40. The predicted octanol–water partition coefficient (Wildman–Crippen LogP) is 2.79. The molecule has 0 unspecified atom stereocenters. The van der Waals surface area contributed by atoms with Crippen LogP contribution in [0.5, 0.6) is 0 Å². The Balaban J connectivity index is 2.10. The fourth-order valence-electron chi connectivity index (χ4n) is 2.51. The first-order valence-electron chi connectivity index (χ1n) is 8.71. The van der Waals surface area contributed by atoms with Crippen LogP contribution in [0, 0.1) is 11.6 Å². The number of esters is 1. The summed E-state index contributed by atoms with van der Waals surface area (Å²) < 4.78 is 58.1. The van der Waals surface area contributed by atoms with Gasteiger partial charge in [-0.1, -0.05) is 19.9 Å². The van der Waals surface area contributed by atoms with Crippen molar-refractivity contribution in [3.63, 3.8) is 0 Å². The molecule has 0 atom stereocenters. The number of carbonyl (C=O) groups is 2. The number of amides is 1. The van der Waals surface area contributed by atoms with Gasteiger partial charge in [0.05, 0.1) is 5.56 Å². The fraction of sp³-hybridized carbons (Fsp3) is 0.263. The number of ether oxygens (including phenoxy) is 1. The van der Waals surface area contributed by atoms with E-state index in [1.807, 2.05) is 0 Å². The highest BCUT2D eigenvalue weighted by Gasteiger charge is 2.26. The Labute approximate surface area is 167 Å². The highest BCUT2D eigenvalue weighted by Crippen LogP contribution is 2.21. The molecule has 0 aliphatic carbocycles. The van der Waals surface area contributed by atoms with Crippen LogP contribution in [0.15, 0.2) is 47.4 Å². The number of hydrogen-bond acceptors (Lipinski definition) is 5. The number of rotatable bonds is 8. The molecule has 1 amide bonds. The van der Waals surface area contributed by atoms with Gasteiger partial charge in [0.25, 0.3) is 5.91 Å². The zero-order chi connectivity index (χ0) is 21.6.